The molecule has 21 heavy (non-hydrogen) atoms. The maximum atomic E-state index is 5.79. The molecule has 108 valence electrons. The molecule has 3 aromatic heterocycles. The Kier molecular flexibility index (Phi) is 3.00. The van der Waals surface area contributed by atoms with Crippen LogP contribution in [0.25, 0.3) is 17.0 Å². The van der Waals surface area contributed by atoms with Crippen LogP contribution in [0.15, 0.2) is 34.9 Å². The molecule has 5 nitrogen and oxygen atoms in total. The maximum absolute atomic E-state index is 5.79. The number of hydrogen-bond donors (Lipinski definition) is 0. The van der Waals surface area contributed by atoms with E-state index in [0.717, 1.165) is 54.7 Å². The summed E-state index contributed by atoms with van der Waals surface area (Å²) in [6.07, 6.45) is 3.77. The first-order valence-electron chi connectivity index (χ1n) is 7.28. The summed E-state index contributed by atoms with van der Waals surface area (Å²) < 4.78 is 13.3. The summed E-state index contributed by atoms with van der Waals surface area (Å²) in [5, 5.41) is 0. The zero-order valence-corrected chi connectivity index (χ0v) is 12.0. The van der Waals surface area contributed by atoms with E-state index >= 15 is 0 Å². The first-order chi connectivity index (χ1) is 10.3. The average Bonchev–Trinajstić information content (AvgIpc) is 3.18. The van der Waals surface area contributed by atoms with E-state index in [1.54, 1.807) is 6.20 Å². The molecule has 0 aromatic carbocycles. The summed E-state index contributed by atoms with van der Waals surface area (Å²) in [7, 11) is 0. The van der Waals surface area contributed by atoms with Gasteiger partial charge in [0.15, 0.2) is 5.65 Å². The first-order valence-corrected chi connectivity index (χ1v) is 7.28. The Morgan fingerprint density at radius 3 is 3.05 bits per heavy atom. The van der Waals surface area contributed by atoms with Crippen molar-refractivity contribution in [1.82, 2.24) is 14.5 Å². The van der Waals surface area contributed by atoms with Crippen molar-refractivity contribution in [2.75, 3.05) is 13.2 Å². The average molecular weight is 283 g/mol. The monoisotopic (exact) mass is 283 g/mol. The van der Waals surface area contributed by atoms with Crippen molar-refractivity contribution in [3.05, 3.63) is 42.0 Å². The minimum atomic E-state index is 0.525. The fourth-order valence-corrected chi connectivity index (χ4v) is 2.87. The van der Waals surface area contributed by atoms with Crippen LogP contribution in [-0.2, 0) is 11.2 Å². The molecule has 0 radical (unpaired) electrons. The second-order valence-electron chi connectivity index (χ2n) is 5.53. The molecule has 0 N–H and O–H groups in total. The van der Waals surface area contributed by atoms with Crippen molar-refractivity contribution in [2.45, 2.75) is 19.8 Å². The smallest absolute Gasteiger partial charge is 0.206 e. The highest BCUT2D eigenvalue weighted by Gasteiger charge is 2.22. The van der Waals surface area contributed by atoms with E-state index in [9.17, 15) is 0 Å². The third kappa shape index (κ3) is 2.23. The minimum absolute atomic E-state index is 0.525. The minimum Gasteiger partial charge on any atom is -0.445 e. The molecule has 0 spiro atoms. The summed E-state index contributed by atoms with van der Waals surface area (Å²) in [5.41, 5.74) is 1.75. The van der Waals surface area contributed by atoms with Crippen molar-refractivity contribution >= 4 is 11.2 Å². The van der Waals surface area contributed by atoms with E-state index in [4.69, 9.17) is 14.1 Å². The number of furan rings is 1. The van der Waals surface area contributed by atoms with E-state index in [2.05, 4.69) is 4.98 Å². The second kappa shape index (κ2) is 5.00. The van der Waals surface area contributed by atoms with Crippen LogP contribution in [-0.4, -0.2) is 27.7 Å². The van der Waals surface area contributed by atoms with Gasteiger partial charge in [0.1, 0.15) is 17.1 Å². The molecule has 1 saturated heterocycles. The number of aromatic nitrogens is 3. The third-order valence-corrected chi connectivity index (χ3v) is 3.93. The number of imidazole rings is 1. The number of rotatable bonds is 3. The SMILES string of the molecule is Cc1ccc(-n2c(CC3CCOC3)nc3cccnc32)o1. The van der Waals surface area contributed by atoms with Gasteiger partial charge in [-0.15, -0.1) is 0 Å². The van der Waals surface area contributed by atoms with Crippen LogP contribution in [0.5, 0.6) is 0 Å². The van der Waals surface area contributed by atoms with Gasteiger partial charge in [0.25, 0.3) is 0 Å². The number of aryl methyl sites for hydroxylation is 1. The molecule has 4 heterocycles. The van der Waals surface area contributed by atoms with Crippen molar-refractivity contribution in [3.63, 3.8) is 0 Å². The summed E-state index contributed by atoms with van der Waals surface area (Å²) in [6, 6.07) is 7.84. The Balaban J connectivity index is 1.84. The molecule has 1 aliphatic rings. The van der Waals surface area contributed by atoms with Gasteiger partial charge in [-0.05, 0) is 37.5 Å². The van der Waals surface area contributed by atoms with Crippen LogP contribution >= 0.6 is 0 Å². The third-order valence-electron chi connectivity index (χ3n) is 3.93. The molecule has 1 fully saturated rings. The quantitative estimate of drug-likeness (QED) is 0.741. The predicted octanol–water partition coefficient (Wildman–Crippen LogP) is 2.90. The molecule has 1 aliphatic heterocycles. The van der Waals surface area contributed by atoms with Gasteiger partial charge in [-0.2, -0.15) is 0 Å². The van der Waals surface area contributed by atoms with Gasteiger partial charge in [0.2, 0.25) is 5.88 Å². The van der Waals surface area contributed by atoms with Gasteiger partial charge < -0.3 is 9.15 Å². The normalized spacial score (nSPS) is 18.6. The Morgan fingerprint density at radius 2 is 2.29 bits per heavy atom. The second-order valence-corrected chi connectivity index (χ2v) is 5.53. The van der Waals surface area contributed by atoms with Crippen LogP contribution < -0.4 is 0 Å². The standard InChI is InChI=1S/C16H17N3O2/c1-11-4-5-15(21-11)19-14(9-12-6-8-20-10-12)18-13-3-2-7-17-16(13)19/h2-5,7,12H,6,8-10H2,1H3. The highest BCUT2D eigenvalue weighted by molar-refractivity contribution is 5.73. The molecule has 0 aliphatic carbocycles. The van der Waals surface area contributed by atoms with Crippen LogP contribution in [0.4, 0.5) is 0 Å². The molecule has 0 amide bonds. The number of pyridine rings is 1. The Bertz CT molecular complexity index is 769. The van der Waals surface area contributed by atoms with Gasteiger partial charge >= 0.3 is 0 Å². The first kappa shape index (κ1) is 12.6. The van der Waals surface area contributed by atoms with Gasteiger partial charge in [-0.25, -0.2) is 14.5 Å². The van der Waals surface area contributed by atoms with Gasteiger partial charge in [-0.1, -0.05) is 0 Å². The van der Waals surface area contributed by atoms with Gasteiger partial charge in [-0.3, -0.25) is 0 Å². The number of nitrogens with zero attached hydrogens (tertiary/aromatic N) is 3. The predicted molar refractivity (Wildman–Crippen MR) is 78.5 cm³/mol. The summed E-state index contributed by atoms with van der Waals surface area (Å²) in [6.45, 7) is 3.61. The fourth-order valence-electron chi connectivity index (χ4n) is 2.87. The molecule has 1 atom stereocenters. The van der Waals surface area contributed by atoms with Gasteiger partial charge in [0, 0.05) is 31.9 Å². The lowest BCUT2D eigenvalue weighted by Crippen LogP contribution is -2.09. The molecule has 3 aromatic rings. The van der Waals surface area contributed by atoms with Crippen molar-refractivity contribution in [1.29, 1.82) is 0 Å². The van der Waals surface area contributed by atoms with Gasteiger partial charge in [0.05, 0.1) is 0 Å². The lowest BCUT2D eigenvalue weighted by molar-refractivity contribution is 0.185. The maximum Gasteiger partial charge on any atom is 0.206 e. The van der Waals surface area contributed by atoms with Crippen LogP contribution in [0.2, 0.25) is 0 Å². The topological polar surface area (TPSA) is 53.1 Å². The highest BCUT2D eigenvalue weighted by Crippen LogP contribution is 2.25. The van der Waals surface area contributed by atoms with Crippen LogP contribution in [0.1, 0.15) is 18.0 Å². The summed E-state index contributed by atoms with van der Waals surface area (Å²) in [4.78, 5) is 9.22. The van der Waals surface area contributed by atoms with E-state index in [1.807, 2.05) is 35.8 Å². The van der Waals surface area contributed by atoms with Crippen molar-refractivity contribution in [2.24, 2.45) is 5.92 Å². The lowest BCUT2D eigenvalue weighted by Gasteiger charge is -2.08. The van der Waals surface area contributed by atoms with E-state index < -0.39 is 0 Å². The Morgan fingerprint density at radius 1 is 1.33 bits per heavy atom. The zero-order valence-electron chi connectivity index (χ0n) is 12.0. The summed E-state index contributed by atoms with van der Waals surface area (Å²) in [5.74, 6) is 3.19. The van der Waals surface area contributed by atoms with E-state index in [-0.39, 0.29) is 0 Å². The molecule has 0 bridgehead atoms. The number of hydrogen-bond acceptors (Lipinski definition) is 4. The number of ether oxygens (including phenoxy) is 1. The van der Waals surface area contributed by atoms with E-state index in [0.29, 0.717) is 5.92 Å². The lowest BCUT2D eigenvalue weighted by atomic mass is 10.1. The Hall–Kier alpha value is -2.14. The molecule has 5 heteroatoms. The molecule has 0 saturated carbocycles. The molecule has 1 unspecified atom stereocenters. The highest BCUT2D eigenvalue weighted by atomic mass is 16.5. The van der Waals surface area contributed by atoms with Crippen LogP contribution in [0, 0.1) is 12.8 Å². The fraction of sp³-hybridized carbons (Fsp3) is 0.375. The largest absolute Gasteiger partial charge is 0.445 e. The van der Waals surface area contributed by atoms with E-state index in [1.165, 1.54) is 0 Å². The molecular formula is C16H17N3O2. The molecular weight excluding hydrogens is 266 g/mol. The zero-order chi connectivity index (χ0) is 14.2. The van der Waals surface area contributed by atoms with Crippen molar-refractivity contribution in [3.8, 4) is 5.88 Å². The summed E-state index contributed by atoms with van der Waals surface area (Å²) >= 11 is 0. The molecule has 4 rings (SSSR count). The van der Waals surface area contributed by atoms with Crippen LogP contribution in [0.3, 0.4) is 0 Å². The van der Waals surface area contributed by atoms with Crippen molar-refractivity contribution < 1.29 is 9.15 Å². The Labute approximate surface area is 122 Å². The number of fused-ring (bicyclic) bond motifs is 1.